The van der Waals surface area contributed by atoms with Crippen molar-refractivity contribution in [1.29, 1.82) is 0 Å². The van der Waals surface area contributed by atoms with Gasteiger partial charge in [0, 0.05) is 5.66 Å². The van der Waals surface area contributed by atoms with Crippen LogP contribution in [0, 0.1) is 0 Å². The fourth-order valence-electron chi connectivity index (χ4n) is 3.29. The van der Waals surface area contributed by atoms with E-state index in [1.807, 2.05) is 30.4 Å². The van der Waals surface area contributed by atoms with Gasteiger partial charge in [0.25, 0.3) is 0 Å². The maximum Gasteiger partial charge on any atom is 0.416 e. The molecule has 0 aromatic heterocycles. The fraction of sp³-hybridized carbons (Fsp3) is 0.0909. The largest absolute Gasteiger partial charge is 0.416 e. The van der Waals surface area contributed by atoms with Gasteiger partial charge in [0.05, 0.1) is 5.56 Å². The highest BCUT2D eigenvalue weighted by Gasteiger charge is 2.31. The minimum atomic E-state index is -4.31. The molecule has 4 rings (SSSR count). The van der Waals surface area contributed by atoms with E-state index in [1.54, 1.807) is 12.1 Å². The van der Waals surface area contributed by atoms with E-state index in [0.29, 0.717) is 0 Å². The van der Waals surface area contributed by atoms with Crippen LogP contribution in [0.2, 0.25) is 0 Å². The van der Waals surface area contributed by atoms with E-state index in [2.05, 4.69) is 36.4 Å². The Morgan fingerprint density at radius 2 is 1.38 bits per heavy atom. The first-order chi connectivity index (χ1) is 12.5. The van der Waals surface area contributed by atoms with Gasteiger partial charge in [0.2, 0.25) is 0 Å². The number of fused-ring (bicyclic) bond motifs is 1. The van der Waals surface area contributed by atoms with Gasteiger partial charge in [0.1, 0.15) is 0 Å². The summed E-state index contributed by atoms with van der Waals surface area (Å²) in [6, 6.07) is 20.0. The van der Waals surface area contributed by atoms with Crippen molar-refractivity contribution in [2.45, 2.75) is 11.8 Å². The highest BCUT2D eigenvalue weighted by atomic mass is 31.1. The second-order valence-corrected chi connectivity index (χ2v) is 8.51. The van der Waals surface area contributed by atoms with Gasteiger partial charge in [0.15, 0.2) is 0 Å². The average molecular weight is 368 g/mol. The molecule has 0 bridgehead atoms. The van der Waals surface area contributed by atoms with Crippen molar-refractivity contribution in [3.63, 3.8) is 0 Å². The lowest BCUT2D eigenvalue weighted by Gasteiger charge is -2.25. The van der Waals surface area contributed by atoms with E-state index in [0.717, 1.165) is 16.1 Å². The van der Waals surface area contributed by atoms with Crippen LogP contribution < -0.4 is 10.6 Å². The van der Waals surface area contributed by atoms with Crippen LogP contribution in [0.25, 0.3) is 10.8 Å². The Labute approximate surface area is 151 Å². The topological polar surface area (TPSA) is 0 Å². The molecule has 1 aliphatic rings. The third-order valence-corrected chi connectivity index (χ3v) is 7.23. The first kappa shape index (κ1) is 17.1. The molecule has 0 saturated heterocycles. The molecule has 3 aromatic carbocycles. The average Bonchev–Trinajstić information content (AvgIpc) is 3.16. The lowest BCUT2D eigenvalue weighted by molar-refractivity contribution is -0.137. The first-order valence-corrected chi connectivity index (χ1v) is 9.74. The van der Waals surface area contributed by atoms with Crippen LogP contribution in [0.15, 0.2) is 91.0 Å². The summed E-state index contributed by atoms with van der Waals surface area (Å²) < 4.78 is 38.8. The Balaban J connectivity index is 1.85. The molecule has 0 saturated carbocycles. The minimum Gasteiger partial charge on any atom is -0.166 e. The Kier molecular flexibility index (Phi) is 4.42. The lowest BCUT2D eigenvalue weighted by Crippen LogP contribution is -2.20. The second-order valence-electron chi connectivity index (χ2n) is 6.17. The summed E-state index contributed by atoms with van der Waals surface area (Å²) in [5.74, 6) is 0. The SMILES string of the molecule is FC(F)(F)c1ccc(P(c2cccc3ccccc23)C2C=CC=C2)cc1. The van der Waals surface area contributed by atoms with Crippen LogP contribution in [0.4, 0.5) is 13.2 Å². The van der Waals surface area contributed by atoms with Crippen molar-refractivity contribution in [2.24, 2.45) is 0 Å². The van der Waals surface area contributed by atoms with Gasteiger partial charge in [-0.3, -0.25) is 0 Å². The Bertz CT molecular complexity index is 967. The zero-order valence-electron chi connectivity index (χ0n) is 13.8. The summed E-state index contributed by atoms with van der Waals surface area (Å²) in [4.78, 5) is 0. The van der Waals surface area contributed by atoms with Crippen LogP contribution in [-0.4, -0.2) is 5.66 Å². The molecule has 1 unspecified atom stereocenters. The van der Waals surface area contributed by atoms with Crippen LogP contribution in [0.5, 0.6) is 0 Å². The van der Waals surface area contributed by atoms with Crippen molar-refractivity contribution in [3.05, 3.63) is 96.6 Å². The maximum atomic E-state index is 12.9. The van der Waals surface area contributed by atoms with Crippen molar-refractivity contribution in [1.82, 2.24) is 0 Å². The van der Waals surface area contributed by atoms with E-state index in [4.69, 9.17) is 0 Å². The van der Waals surface area contributed by atoms with Crippen LogP contribution in [0.3, 0.4) is 0 Å². The minimum absolute atomic E-state index is 0.188. The normalized spacial score (nSPS) is 15.7. The molecular weight excluding hydrogens is 352 g/mol. The van der Waals surface area contributed by atoms with Gasteiger partial charge >= 0.3 is 6.18 Å². The van der Waals surface area contributed by atoms with Crippen molar-refractivity contribution in [2.75, 3.05) is 0 Å². The third kappa shape index (κ3) is 3.20. The van der Waals surface area contributed by atoms with E-state index in [-0.39, 0.29) is 5.66 Å². The first-order valence-electron chi connectivity index (χ1n) is 8.33. The molecule has 0 fully saturated rings. The number of hydrogen-bond acceptors (Lipinski definition) is 0. The molecule has 0 heterocycles. The monoisotopic (exact) mass is 368 g/mol. The summed E-state index contributed by atoms with van der Waals surface area (Å²) in [6.45, 7) is 0. The number of hydrogen-bond donors (Lipinski definition) is 0. The molecule has 0 aliphatic heterocycles. The Morgan fingerprint density at radius 1 is 0.731 bits per heavy atom. The standard InChI is InChI=1S/C22H16F3P/c23-22(24,25)17-12-14-19(15-13-17)26(18-8-2-3-9-18)21-11-5-7-16-6-1-4-10-20(16)21/h1-15,18H. The van der Waals surface area contributed by atoms with E-state index < -0.39 is 19.7 Å². The van der Waals surface area contributed by atoms with Gasteiger partial charge in [-0.05, 0) is 41.4 Å². The fourth-order valence-corrected chi connectivity index (χ4v) is 5.96. The summed E-state index contributed by atoms with van der Waals surface area (Å²) in [5, 5.41) is 4.45. The van der Waals surface area contributed by atoms with Gasteiger partial charge in [-0.2, -0.15) is 13.2 Å². The number of rotatable bonds is 3. The second kappa shape index (κ2) is 6.74. The molecule has 0 nitrogen and oxygen atoms in total. The molecule has 4 heteroatoms. The molecule has 1 aliphatic carbocycles. The maximum absolute atomic E-state index is 12.9. The summed E-state index contributed by atoms with van der Waals surface area (Å²) in [7, 11) is -0.841. The Hall–Kier alpha value is -2.38. The van der Waals surface area contributed by atoms with Gasteiger partial charge in [-0.1, -0.05) is 78.9 Å². The van der Waals surface area contributed by atoms with E-state index in [9.17, 15) is 13.2 Å². The predicted octanol–water partition coefficient (Wildman–Crippen LogP) is 5.79. The van der Waals surface area contributed by atoms with Crippen molar-refractivity contribution >= 4 is 29.3 Å². The van der Waals surface area contributed by atoms with Gasteiger partial charge < -0.3 is 0 Å². The quantitative estimate of drug-likeness (QED) is 0.514. The van der Waals surface area contributed by atoms with Gasteiger partial charge in [-0.25, -0.2) is 0 Å². The molecular formula is C22H16F3P. The number of halogens is 3. The molecule has 130 valence electrons. The molecule has 26 heavy (non-hydrogen) atoms. The predicted molar refractivity (Wildman–Crippen MR) is 104 cm³/mol. The third-order valence-electron chi connectivity index (χ3n) is 4.52. The molecule has 3 aromatic rings. The zero-order chi connectivity index (χ0) is 18.1. The summed E-state index contributed by atoms with van der Waals surface area (Å²) in [5.41, 5.74) is -0.417. The molecule has 0 radical (unpaired) electrons. The summed E-state index contributed by atoms with van der Waals surface area (Å²) >= 11 is 0. The molecule has 1 atom stereocenters. The van der Waals surface area contributed by atoms with E-state index in [1.165, 1.54) is 17.4 Å². The highest BCUT2D eigenvalue weighted by Crippen LogP contribution is 2.44. The van der Waals surface area contributed by atoms with E-state index >= 15 is 0 Å². The molecule has 0 spiro atoms. The van der Waals surface area contributed by atoms with Crippen LogP contribution >= 0.6 is 7.92 Å². The molecule has 0 amide bonds. The zero-order valence-corrected chi connectivity index (χ0v) is 14.7. The lowest BCUT2D eigenvalue weighted by atomic mass is 10.1. The number of alkyl halides is 3. The smallest absolute Gasteiger partial charge is 0.166 e. The summed E-state index contributed by atoms with van der Waals surface area (Å²) in [6.07, 6.45) is 3.97. The van der Waals surface area contributed by atoms with Crippen molar-refractivity contribution in [3.8, 4) is 0 Å². The van der Waals surface area contributed by atoms with Crippen molar-refractivity contribution < 1.29 is 13.2 Å². The number of allylic oxidation sites excluding steroid dienone is 4. The van der Waals surface area contributed by atoms with Gasteiger partial charge in [-0.15, -0.1) is 0 Å². The van der Waals surface area contributed by atoms with Crippen LogP contribution in [-0.2, 0) is 6.18 Å². The number of benzene rings is 3. The molecule has 0 N–H and O–H groups in total. The highest BCUT2D eigenvalue weighted by molar-refractivity contribution is 7.74. The van der Waals surface area contributed by atoms with Crippen LogP contribution in [0.1, 0.15) is 5.56 Å². The Morgan fingerprint density at radius 3 is 2.08 bits per heavy atom.